The fourth-order valence-electron chi connectivity index (χ4n) is 7.44. The average molecular weight is 643 g/mol. The van der Waals surface area contributed by atoms with Crippen LogP contribution in [0.4, 0.5) is 0 Å². The monoisotopic (exact) mass is 642 g/mol. The number of para-hydroxylation sites is 2. The lowest BCUT2D eigenvalue weighted by atomic mass is 10.0. The second-order valence-electron chi connectivity index (χ2n) is 12.6. The number of pyridine rings is 3. The quantitative estimate of drug-likeness (QED) is 0.203. The lowest BCUT2D eigenvalue weighted by Crippen LogP contribution is -2.10. The van der Waals surface area contributed by atoms with E-state index < -0.39 is 0 Å². The number of nitrogens with one attached hydrogen (secondary N) is 1. The normalized spacial score (nSPS) is 12.4. The number of nitrogens with zero attached hydrogens (tertiary/aromatic N) is 5. The van der Waals surface area contributed by atoms with Gasteiger partial charge in [0, 0.05) is 75.6 Å². The van der Waals surface area contributed by atoms with Crippen LogP contribution in [0.5, 0.6) is 0 Å². The summed E-state index contributed by atoms with van der Waals surface area (Å²) in [5.74, 6) is 0. The molecule has 4 aromatic carbocycles. The van der Waals surface area contributed by atoms with Crippen LogP contribution < -0.4 is 5.32 Å². The van der Waals surface area contributed by atoms with Crippen LogP contribution in [-0.2, 0) is 6.54 Å². The van der Waals surface area contributed by atoms with Gasteiger partial charge in [-0.3, -0.25) is 15.0 Å². The van der Waals surface area contributed by atoms with Crippen molar-refractivity contribution in [3.63, 3.8) is 0 Å². The van der Waals surface area contributed by atoms with Crippen LogP contribution in [0.25, 0.3) is 83.8 Å². The number of rotatable bonds is 5. The third-order valence-electron chi connectivity index (χ3n) is 9.80. The molecule has 5 aromatic heterocycles. The Hall–Kier alpha value is -6.79. The molecule has 1 N–H and O–H groups in total. The maximum Gasteiger partial charge on any atom is 0.0886 e. The van der Waals surface area contributed by atoms with Crippen LogP contribution in [0, 0.1) is 0 Å². The van der Waals surface area contributed by atoms with Crippen molar-refractivity contribution in [3.05, 3.63) is 170 Å². The first kappa shape index (κ1) is 28.2. The Labute approximate surface area is 288 Å². The molecule has 0 spiro atoms. The minimum absolute atomic E-state index is 0.826. The Morgan fingerprint density at radius 1 is 0.500 bits per heavy atom. The summed E-state index contributed by atoms with van der Waals surface area (Å²) in [6.07, 6.45) is 11.9. The number of hydrogen-bond acceptors (Lipinski definition) is 4. The largest absolute Gasteiger partial charge is 0.387 e. The summed E-state index contributed by atoms with van der Waals surface area (Å²) in [6, 6.07) is 44.9. The fourth-order valence-corrected chi connectivity index (χ4v) is 7.44. The molecule has 50 heavy (non-hydrogen) atoms. The van der Waals surface area contributed by atoms with Crippen LogP contribution in [0.3, 0.4) is 0 Å². The van der Waals surface area contributed by atoms with E-state index in [9.17, 15) is 0 Å². The third kappa shape index (κ3) is 4.54. The van der Waals surface area contributed by atoms with Crippen molar-refractivity contribution in [2.45, 2.75) is 6.54 Å². The van der Waals surface area contributed by atoms with Crippen LogP contribution >= 0.6 is 0 Å². The molecule has 0 atom stereocenters. The van der Waals surface area contributed by atoms with Crippen molar-refractivity contribution in [3.8, 4) is 45.0 Å². The van der Waals surface area contributed by atoms with Gasteiger partial charge < -0.3 is 14.5 Å². The molecular weight excluding hydrogens is 613 g/mol. The van der Waals surface area contributed by atoms with Crippen LogP contribution in [0.2, 0.25) is 0 Å². The standard InChI is InChI=1S/C44H30N6/c1-3-13-41-35(11-1)37-27-45-21-19-43(37)49(41)33-9-5-7-29(23-33)31-15-17-39(47-25-31)40-18-16-32(26-48-40)30-8-6-10-34(24-30)50-42-14-4-2-12-36(42)38-28-46-22-20-44(38)50/h1-27,46H,28H2. The van der Waals surface area contributed by atoms with Crippen molar-refractivity contribution in [2.75, 3.05) is 0 Å². The zero-order valence-electron chi connectivity index (χ0n) is 27.0. The third-order valence-corrected chi connectivity index (χ3v) is 9.80. The van der Waals surface area contributed by atoms with Crippen molar-refractivity contribution >= 4 is 38.8 Å². The zero-order valence-corrected chi connectivity index (χ0v) is 27.0. The number of hydrogen-bond donors (Lipinski definition) is 1. The SMILES string of the molecule is C1=Cc2c(c3ccccc3n2-c2cccc(-c3ccc(-c4ccc(-c5cccc(-n6c7ccccc7c7cnccc76)c5)cn4)nc3)c2)CN1. The van der Waals surface area contributed by atoms with Crippen molar-refractivity contribution in [2.24, 2.45) is 0 Å². The van der Waals surface area contributed by atoms with Crippen LogP contribution in [0.1, 0.15) is 11.3 Å². The zero-order chi connectivity index (χ0) is 33.0. The van der Waals surface area contributed by atoms with Gasteiger partial charge in [-0.25, -0.2) is 0 Å². The van der Waals surface area contributed by atoms with Gasteiger partial charge in [0.05, 0.1) is 33.6 Å². The smallest absolute Gasteiger partial charge is 0.0886 e. The molecular formula is C44H30N6. The molecule has 6 heterocycles. The van der Waals surface area contributed by atoms with Gasteiger partial charge in [0.15, 0.2) is 0 Å². The summed E-state index contributed by atoms with van der Waals surface area (Å²) in [5.41, 5.74) is 14.3. The first-order chi connectivity index (χ1) is 24.8. The highest BCUT2D eigenvalue weighted by molar-refractivity contribution is 6.08. The molecule has 236 valence electrons. The minimum atomic E-state index is 0.826. The van der Waals surface area contributed by atoms with Crippen LogP contribution in [-0.4, -0.2) is 24.1 Å². The van der Waals surface area contributed by atoms with Gasteiger partial charge in [0.1, 0.15) is 0 Å². The Balaban J connectivity index is 0.943. The number of benzene rings is 4. The van der Waals surface area contributed by atoms with E-state index in [-0.39, 0.29) is 0 Å². The van der Waals surface area contributed by atoms with E-state index in [1.54, 1.807) is 0 Å². The van der Waals surface area contributed by atoms with Gasteiger partial charge in [0.25, 0.3) is 0 Å². The second kappa shape index (κ2) is 11.4. The molecule has 6 nitrogen and oxygen atoms in total. The molecule has 0 amide bonds. The Morgan fingerprint density at radius 3 is 1.80 bits per heavy atom. The number of aromatic nitrogens is 5. The summed E-state index contributed by atoms with van der Waals surface area (Å²) < 4.78 is 4.66. The van der Waals surface area contributed by atoms with E-state index in [1.807, 2.05) is 31.0 Å². The van der Waals surface area contributed by atoms with Gasteiger partial charge in [-0.1, -0.05) is 72.8 Å². The summed E-state index contributed by atoms with van der Waals surface area (Å²) in [7, 11) is 0. The molecule has 0 fully saturated rings. The van der Waals surface area contributed by atoms with Gasteiger partial charge in [-0.05, 0) is 78.0 Å². The molecule has 6 heteroatoms. The van der Waals surface area contributed by atoms with E-state index in [0.29, 0.717) is 0 Å². The lowest BCUT2D eigenvalue weighted by Gasteiger charge is -2.14. The fraction of sp³-hybridized carbons (Fsp3) is 0.0227. The molecule has 0 aliphatic carbocycles. The van der Waals surface area contributed by atoms with Crippen LogP contribution in [0.15, 0.2) is 158 Å². The van der Waals surface area contributed by atoms with E-state index in [2.05, 4.69) is 153 Å². The second-order valence-corrected chi connectivity index (χ2v) is 12.6. The number of fused-ring (bicyclic) bond motifs is 6. The van der Waals surface area contributed by atoms with Gasteiger partial charge in [0.2, 0.25) is 0 Å². The van der Waals surface area contributed by atoms with Gasteiger partial charge in [-0.15, -0.1) is 0 Å². The highest BCUT2D eigenvalue weighted by Crippen LogP contribution is 2.35. The minimum Gasteiger partial charge on any atom is -0.387 e. The van der Waals surface area contributed by atoms with Crippen molar-refractivity contribution in [1.82, 2.24) is 29.4 Å². The maximum absolute atomic E-state index is 4.85. The highest BCUT2D eigenvalue weighted by atomic mass is 15.0. The topological polar surface area (TPSA) is 60.6 Å². The van der Waals surface area contributed by atoms with E-state index in [1.165, 1.54) is 27.5 Å². The summed E-state index contributed by atoms with van der Waals surface area (Å²) >= 11 is 0. The summed E-state index contributed by atoms with van der Waals surface area (Å²) in [4.78, 5) is 14.1. The Bertz CT molecular complexity index is 2700. The van der Waals surface area contributed by atoms with E-state index >= 15 is 0 Å². The lowest BCUT2D eigenvalue weighted by molar-refractivity contribution is 0.855. The predicted molar refractivity (Wildman–Crippen MR) is 203 cm³/mol. The molecule has 10 rings (SSSR count). The molecule has 1 aliphatic rings. The molecule has 0 saturated heterocycles. The molecule has 9 aromatic rings. The molecule has 0 saturated carbocycles. The summed E-state index contributed by atoms with van der Waals surface area (Å²) in [5, 5.41) is 7.00. The predicted octanol–water partition coefficient (Wildman–Crippen LogP) is 9.99. The molecule has 0 bridgehead atoms. The van der Waals surface area contributed by atoms with Crippen molar-refractivity contribution in [1.29, 1.82) is 0 Å². The maximum atomic E-state index is 4.85. The highest BCUT2D eigenvalue weighted by Gasteiger charge is 2.18. The van der Waals surface area contributed by atoms with E-state index in [4.69, 9.17) is 9.97 Å². The molecule has 0 unspecified atom stereocenters. The Morgan fingerprint density at radius 2 is 1.12 bits per heavy atom. The first-order valence-corrected chi connectivity index (χ1v) is 16.8. The summed E-state index contributed by atoms with van der Waals surface area (Å²) in [6.45, 7) is 0.826. The van der Waals surface area contributed by atoms with Gasteiger partial charge in [-0.2, -0.15) is 0 Å². The van der Waals surface area contributed by atoms with Crippen molar-refractivity contribution < 1.29 is 0 Å². The van der Waals surface area contributed by atoms with E-state index in [0.717, 1.165) is 68.0 Å². The first-order valence-electron chi connectivity index (χ1n) is 16.8. The van der Waals surface area contributed by atoms with Gasteiger partial charge >= 0.3 is 0 Å². The Kier molecular flexibility index (Phi) is 6.45. The average Bonchev–Trinajstić information content (AvgIpc) is 3.71. The molecule has 1 aliphatic heterocycles. The molecule has 0 radical (unpaired) electrons.